The SMILES string of the molecule is CC/C=C\C/C=C\C/C=C\C/C=C\C/C=C\C/C=C\CCCCCCCCCCCCCCCCC(=O)OC(COC(=O)CCCCCCCCCCCCCCCCCC)COC(OCC[N+](C)(C)C)C(=O)[O-]. The molecule has 0 amide bonds. The van der Waals surface area contributed by atoms with Crippen LogP contribution in [0.25, 0.3) is 0 Å². The number of unbranched alkanes of at least 4 members (excludes halogenated alkanes) is 29. The molecule has 0 heterocycles. The van der Waals surface area contributed by atoms with Crippen molar-refractivity contribution < 1.29 is 42.9 Å². The smallest absolute Gasteiger partial charge is 0.306 e. The first-order chi connectivity index (χ1) is 36.1. The van der Waals surface area contributed by atoms with E-state index in [2.05, 4.69) is 86.8 Å². The number of quaternary nitrogens is 1. The van der Waals surface area contributed by atoms with Crippen LogP contribution in [0.15, 0.2) is 72.9 Å². The van der Waals surface area contributed by atoms with Crippen LogP contribution < -0.4 is 5.11 Å². The molecule has 0 saturated heterocycles. The van der Waals surface area contributed by atoms with Crippen LogP contribution in [0, 0.1) is 0 Å². The van der Waals surface area contributed by atoms with Gasteiger partial charge in [-0.2, -0.15) is 0 Å². The summed E-state index contributed by atoms with van der Waals surface area (Å²) in [4.78, 5) is 37.3. The fourth-order valence-electron chi connectivity index (χ4n) is 8.54. The average molecular weight is 1040 g/mol. The second kappa shape index (κ2) is 55.9. The Morgan fingerprint density at radius 2 is 0.770 bits per heavy atom. The lowest BCUT2D eigenvalue weighted by Crippen LogP contribution is -2.44. The van der Waals surface area contributed by atoms with Crippen molar-refractivity contribution in [2.24, 2.45) is 0 Å². The zero-order chi connectivity index (χ0) is 54.1. The summed E-state index contributed by atoms with van der Waals surface area (Å²) in [7, 11) is 5.93. The molecule has 0 aliphatic heterocycles. The monoisotopic (exact) mass is 1040 g/mol. The molecule has 0 aromatic rings. The van der Waals surface area contributed by atoms with Crippen LogP contribution in [-0.4, -0.2) is 82.3 Å². The second-order valence-corrected chi connectivity index (χ2v) is 21.6. The molecule has 0 spiro atoms. The van der Waals surface area contributed by atoms with E-state index >= 15 is 0 Å². The van der Waals surface area contributed by atoms with Gasteiger partial charge in [-0.25, -0.2) is 0 Å². The number of aliphatic carboxylic acids is 1. The van der Waals surface area contributed by atoms with Crippen molar-refractivity contribution in [1.82, 2.24) is 0 Å². The molecule has 0 rings (SSSR count). The summed E-state index contributed by atoms with van der Waals surface area (Å²) in [6.45, 7) is 4.66. The number of carbonyl (C=O) groups excluding carboxylic acids is 3. The van der Waals surface area contributed by atoms with E-state index < -0.39 is 24.3 Å². The van der Waals surface area contributed by atoms with Crippen molar-refractivity contribution in [1.29, 1.82) is 0 Å². The number of hydrogen-bond donors (Lipinski definition) is 0. The second-order valence-electron chi connectivity index (χ2n) is 21.6. The summed E-state index contributed by atoms with van der Waals surface area (Å²) < 4.78 is 22.7. The van der Waals surface area contributed by atoms with Crippen molar-refractivity contribution in [2.75, 3.05) is 47.5 Å². The van der Waals surface area contributed by atoms with Gasteiger partial charge >= 0.3 is 11.9 Å². The highest BCUT2D eigenvalue weighted by Crippen LogP contribution is 2.17. The molecule has 0 bridgehead atoms. The van der Waals surface area contributed by atoms with E-state index in [1.165, 1.54) is 154 Å². The van der Waals surface area contributed by atoms with E-state index in [1.807, 2.05) is 21.1 Å². The highest BCUT2D eigenvalue weighted by Gasteiger charge is 2.22. The number of carboxylic acid groups (broad SMARTS) is 1. The van der Waals surface area contributed by atoms with Gasteiger partial charge in [0.25, 0.3) is 0 Å². The molecule has 0 aliphatic carbocycles. The van der Waals surface area contributed by atoms with Gasteiger partial charge in [-0.3, -0.25) is 9.59 Å². The maximum atomic E-state index is 12.9. The average Bonchev–Trinajstić information content (AvgIpc) is 3.37. The quantitative estimate of drug-likeness (QED) is 0.0195. The fourth-order valence-corrected chi connectivity index (χ4v) is 8.54. The van der Waals surface area contributed by atoms with Crippen molar-refractivity contribution in [3.05, 3.63) is 72.9 Å². The highest BCUT2D eigenvalue weighted by molar-refractivity contribution is 5.70. The van der Waals surface area contributed by atoms with Crippen LogP contribution in [0.3, 0.4) is 0 Å². The summed E-state index contributed by atoms with van der Waals surface area (Å²) in [5, 5.41) is 11.8. The van der Waals surface area contributed by atoms with Gasteiger partial charge in [-0.1, -0.05) is 260 Å². The summed E-state index contributed by atoms with van der Waals surface area (Å²) in [6, 6.07) is 0. The number of carboxylic acids is 1. The molecule has 0 aromatic heterocycles. The first-order valence-electron chi connectivity index (χ1n) is 30.6. The Hall–Kier alpha value is -3.27. The molecule has 0 fully saturated rings. The number of allylic oxidation sites excluding steroid dienone is 12. The molecule has 9 heteroatoms. The number of carbonyl (C=O) groups is 3. The van der Waals surface area contributed by atoms with E-state index in [9.17, 15) is 19.5 Å². The molecule has 0 saturated carbocycles. The van der Waals surface area contributed by atoms with Gasteiger partial charge in [0.15, 0.2) is 12.4 Å². The Morgan fingerprint density at radius 3 is 1.15 bits per heavy atom. The minimum Gasteiger partial charge on any atom is -0.545 e. The molecular weight excluding hydrogens is 923 g/mol. The lowest BCUT2D eigenvalue weighted by atomic mass is 10.0. The highest BCUT2D eigenvalue weighted by atomic mass is 16.7. The number of hydrogen-bond acceptors (Lipinski definition) is 8. The molecule has 0 radical (unpaired) electrons. The number of likely N-dealkylation sites (N-methyl/N-ethyl adjacent to an activating group) is 1. The summed E-state index contributed by atoms with van der Waals surface area (Å²) in [5.41, 5.74) is 0. The van der Waals surface area contributed by atoms with E-state index in [-0.39, 0.29) is 32.2 Å². The van der Waals surface area contributed by atoms with Gasteiger partial charge in [-0.15, -0.1) is 0 Å². The van der Waals surface area contributed by atoms with E-state index in [1.54, 1.807) is 0 Å². The van der Waals surface area contributed by atoms with Crippen LogP contribution in [-0.2, 0) is 33.3 Å². The van der Waals surface area contributed by atoms with Crippen molar-refractivity contribution >= 4 is 17.9 Å². The molecule has 2 atom stereocenters. The van der Waals surface area contributed by atoms with Crippen LogP contribution in [0.2, 0.25) is 0 Å². The lowest BCUT2D eigenvalue weighted by molar-refractivity contribution is -0.870. The largest absolute Gasteiger partial charge is 0.545 e. The van der Waals surface area contributed by atoms with Crippen LogP contribution in [0.4, 0.5) is 0 Å². The van der Waals surface area contributed by atoms with Gasteiger partial charge < -0.3 is 33.3 Å². The Kier molecular flexibility index (Phi) is 53.5. The standard InChI is InChI=1S/C65H115NO8/c1-6-8-10-12-14-16-18-20-22-24-25-26-27-28-29-30-31-32-33-34-35-36-37-38-39-40-42-44-46-48-50-52-54-56-63(68)74-61(60-73-65(64(69)70)71-58-57-66(3,4)5)59-72-62(67)55-53-51-49-47-45-43-41-23-21-19-17-15-13-11-9-7-2/h8,10,14,16,20,22,25-26,28-29,31-32,61,65H,6-7,9,11-13,15,17-19,21,23-24,27,30,33-60H2,1-5H3/b10-8-,16-14-,22-20-,26-25-,29-28-,32-31-. The third-order valence-electron chi connectivity index (χ3n) is 13.2. The van der Waals surface area contributed by atoms with Crippen LogP contribution >= 0.6 is 0 Å². The van der Waals surface area contributed by atoms with E-state index in [0.29, 0.717) is 23.9 Å². The summed E-state index contributed by atoms with van der Waals surface area (Å²) in [6.07, 6.45) is 69.6. The number of rotatable bonds is 56. The molecular formula is C65H115NO8. The molecule has 9 nitrogen and oxygen atoms in total. The van der Waals surface area contributed by atoms with Crippen molar-refractivity contribution in [3.63, 3.8) is 0 Å². The topological polar surface area (TPSA) is 111 Å². The zero-order valence-corrected chi connectivity index (χ0v) is 48.7. The minimum atomic E-state index is -1.62. The van der Waals surface area contributed by atoms with Crippen molar-refractivity contribution in [3.8, 4) is 0 Å². The lowest BCUT2D eigenvalue weighted by Gasteiger charge is -2.26. The fraction of sp³-hybridized carbons (Fsp3) is 0.769. The van der Waals surface area contributed by atoms with Gasteiger partial charge in [0.05, 0.1) is 40.3 Å². The minimum absolute atomic E-state index is 0.147. The van der Waals surface area contributed by atoms with Crippen LogP contribution in [0.1, 0.15) is 264 Å². The normalized spacial score (nSPS) is 13.3. The molecule has 0 N–H and O–H groups in total. The van der Waals surface area contributed by atoms with Gasteiger partial charge in [0.2, 0.25) is 0 Å². The molecule has 428 valence electrons. The summed E-state index contributed by atoms with van der Waals surface area (Å²) >= 11 is 0. The van der Waals surface area contributed by atoms with Gasteiger partial charge in [0.1, 0.15) is 13.2 Å². The van der Waals surface area contributed by atoms with Crippen LogP contribution in [0.5, 0.6) is 0 Å². The Labute approximate surface area is 456 Å². The van der Waals surface area contributed by atoms with Gasteiger partial charge in [-0.05, 0) is 64.2 Å². The molecule has 0 aromatic carbocycles. The summed E-state index contributed by atoms with van der Waals surface area (Å²) in [5.74, 6) is -2.27. The van der Waals surface area contributed by atoms with Crippen molar-refractivity contribution in [2.45, 2.75) is 277 Å². The van der Waals surface area contributed by atoms with E-state index in [4.69, 9.17) is 18.9 Å². The Bertz CT molecular complexity index is 1440. The maximum absolute atomic E-state index is 12.9. The predicted octanol–water partition coefficient (Wildman–Crippen LogP) is 16.8. The Morgan fingerprint density at radius 1 is 0.419 bits per heavy atom. The maximum Gasteiger partial charge on any atom is 0.306 e. The van der Waals surface area contributed by atoms with Gasteiger partial charge in [0, 0.05) is 12.8 Å². The third kappa shape index (κ3) is 56.5. The zero-order valence-electron chi connectivity index (χ0n) is 48.7. The molecule has 2 unspecified atom stereocenters. The molecule has 74 heavy (non-hydrogen) atoms. The number of esters is 2. The first-order valence-corrected chi connectivity index (χ1v) is 30.6. The first kappa shape index (κ1) is 70.7. The predicted molar refractivity (Wildman–Crippen MR) is 311 cm³/mol. The molecule has 0 aliphatic rings. The third-order valence-corrected chi connectivity index (χ3v) is 13.2. The van der Waals surface area contributed by atoms with E-state index in [0.717, 1.165) is 77.0 Å². The Balaban J connectivity index is 4.13. The number of ether oxygens (including phenoxy) is 4. The number of nitrogens with zero attached hydrogens (tertiary/aromatic N) is 1.